The van der Waals surface area contributed by atoms with Gasteiger partial charge >= 0.3 is 0 Å². The van der Waals surface area contributed by atoms with Gasteiger partial charge in [0.05, 0.1) is 30.1 Å². The van der Waals surface area contributed by atoms with E-state index in [1.165, 1.54) is 128 Å². The van der Waals surface area contributed by atoms with Crippen molar-refractivity contribution in [3.8, 4) is 0 Å². The second kappa shape index (κ2) is 25.3. The third-order valence-electron chi connectivity index (χ3n) is 12.5. The molecule has 2 atom stereocenters. The molecule has 2 amide bonds. The smallest absolute Gasteiger partial charge is 0.260 e. The highest BCUT2D eigenvalue weighted by Gasteiger charge is 2.38. The van der Waals surface area contributed by atoms with Crippen molar-refractivity contribution in [2.45, 2.75) is 182 Å². The van der Waals surface area contributed by atoms with Gasteiger partial charge < -0.3 is 9.80 Å². The molecule has 1 aromatic carbocycles. The number of halogens is 2. The molecule has 4 heterocycles. The maximum Gasteiger partial charge on any atom is 0.260 e. The summed E-state index contributed by atoms with van der Waals surface area (Å²) in [7, 11) is 0. The minimum absolute atomic E-state index is 0.115. The fourth-order valence-electron chi connectivity index (χ4n) is 9.20. The lowest BCUT2D eigenvalue weighted by Crippen LogP contribution is -2.35. The van der Waals surface area contributed by atoms with Crippen LogP contribution in [0.4, 0.5) is 11.4 Å². The van der Waals surface area contributed by atoms with Crippen molar-refractivity contribution in [3.63, 3.8) is 0 Å². The Bertz CT molecular complexity index is 1730. The number of carbonyl (C=O) groups is 2. The van der Waals surface area contributed by atoms with Crippen LogP contribution in [0, 0.1) is 11.8 Å². The number of amides is 2. The molecule has 58 heavy (non-hydrogen) atoms. The van der Waals surface area contributed by atoms with E-state index in [1.54, 1.807) is 22.7 Å². The molecule has 2 aromatic heterocycles. The molecule has 8 heteroatoms. The third-order valence-corrected chi connectivity index (χ3v) is 15.8. The maximum absolute atomic E-state index is 14.9. The topological polar surface area (TPSA) is 40.6 Å². The zero-order valence-corrected chi connectivity index (χ0v) is 41.1. The van der Waals surface area contributed by atoms with Gasteiger partial charge in [-0.2, -0.15) is 0 Å². The first-order valence-electron chi connectivity index (χ1n) is 23.4. The van der Waals surface area contributed by atoms with E-state index < -0.39 is 0 Å². The van der Waals surface area contributed by atoms with Crippen LogP contribution in [0.15, 0.2) is 44.0 Å². The summed E-state index contributed by atoms with van der Waals surface area (Å²) in [5.74, 6) is 1.13. The van der Waals surface area contributed by atoms with E-state index in [9.17, 15) is 9.59 Å². The van der Waals surface area contributed by atoms with Gasteiger partial charge in [0.2, 0.25) is 0 Å². The molecular weight excluding hydrogens is 885 g/mol. The predicted molar refractivity (Wildman–Crippen MR) is 260 cm³/mol. The van der Waals surface area contributed by atoms with Crippen LogP contribution >= 0.6 is 54.5 Å². The monoisotopic (exact) mass is 954 g/mol. The van der Waals surface area contributed by atoms with Crippen LogP contribution in [0.2, 0.25) is 0 Å². The van der Waals surface area contributed by atoms with Gasteiger partial charge in [0.1, 0.15) is 0 Å². The lowest BCUT2D eigenvalue weighted by Gasteiger charge is -2.27. The normalized spacial score (nSPS) is 14.9. The van der Waals surface area contributed by atoms with Gasteiger partial charge in [-0.3, -0.25) is 9.59 Å². The number of hydrogen-bond donors (Lipinski definition) is 0. The molecule has 2 unspecified atom stereocenters. The highest BCUT2D eigenvalue weighted by atomic mass is 79.9. The number of thiophene rings is 2. The minimum Gasteiger partial charge on any atom is -0.307 e. The van der Waals surface area contributed by atoms with E-state index in [0.29, 0.717) is 11.8 Å². The number of rotatable bonds is 30. The Morgan fingerprint density at radius 2 is 0.776 bits per heavy atom. The number of benzene rings is 1. The van der Waals surface area contributed by atoms with Crippen molar-refractivity contribution in [2.75, 3.05) is 22.9 Å². The first-order chi connectivity index (χ1) is 28.3. The molecule has 0 bridgehead atoms. The van der Waals surface area contributed by atoms with Crippen LogP contribution in [0.3, 0.4) is 0 Å². The largest absolute Gasteiger partial charge is 0.307 e. The Morgan fingerprint density at radius 3 is 1.09 bits per heavy atom. The average Bonchev–Trinajstić information content (AvgIpc) is 3.97. The number of unbranched alkanes of at least 4 members (excludes halogenated alkanes) is 16. The molecule has 2 aliphatic heterocycles. The zero-order valence-electron chi connectivity index (χ0n) is 36.3. The summed E-state index contributed by atoms with van der Waals surface area (Å²) in [5.41, 5.74) is 3.55. The van der Waals surface area contributed by atoms with Gasteiger partial charge in [0.25, 0.3) is 11.8 Å². The fourth-order valence-corrected chi connectivity index (χ4v) is 12.1. The molecule has 4 nitrogen and oxygen atoms in total. The van der Waals surface area contributed by atoms with Gasteiger partial charge in [-0.15, -0.1) is 22.7 Å². The minimum atomic E-state index is 0.115. The summed E-state index contributed by atoms with van der Waals surface area (Å²) in [6, 6.07) is 12.8. The average molecular weight is 957 g/mol. The van der Waals surface area contributed by atoms with Crippen LogP contribution in [0.1, 0.15) is 192 Å². The Balaban J connectivity index is 1.54. The summed E-state index contributed by atoms with van der Waals surface area (Å²) >= 11 is 10.7. The number of anilines is 2. The zero-order chi connectivity index (χ0) is 41.3. The second-order valence-corrected chi connectivity index (χ2v) is 22.1. The summed E-state index contributed by atoms with van der Waals surface area (Å²) in [6.45, 7) is 10.6. The number of hydrogen-bond acceptors (Lipinski definition) is 4. The van der Waals surface area contributed by atoms with Crippen LogP contribution in [0.5, 0.6) is 0 Å². The van der Waals surface area contributed by atoms with E-state index in [0.717, 1.165) is 89.1 Å². The van der Waals surface area contributed by atoms with Gasteiger partial charge in [0.15, 0.2) is 0 Å². The number of fused-ring (bicyclic) bond motifs is 2. The number of nitrogens with zero attached hydrogens (tertiary/aromatic N) is 2. The van der Waals surface area contributed by atoms with Crippen LogP contribution < -0.4 is 20.2 Å². The summed E-state index contributed by atoms with van der Waals surface area (Å²) in [6.07, 6.45) is 30.0. The van der Waals surface area contributed by atoms with Crippen LogP contribution in [-0.2, 0) is 9.59 Å². The third kappa shape index (κ3) is 13.1. The number of carbonyl (C=O) groups excluding carboxylic acids is 2. The van der Waals surface area contributed by atoms with Crippen LogP contribution in [-0.4, -0.2) is 24.9 Å². The van der Waals surface area contributed by atoms with Crippen molar-refractivity contribution in [1.29, 1.82) is 0 Å². The van der Waals surface area contributed by atoms with Crippen molar-refractivity contribution < 1.29 is 9.59 Å². The lowest BCUT2D eigenvalue weighted by atomic mass is 9.93. The molecule has 0 saturated heterocycles. The van der Waals surface area contributed by atoms with Gasteiger partial charge in [-0.05, 0) is 106 Å². The molecule has 0 spiro atoms. The molecule has 0 fully saturated rings. The van der Waals surface area contributed by atoms with Gasteiger partial charge in [0, 0.05) is 33.3 Å². The summed E-state index contributed by atoms with van der Waals surface area (Å²) in [5, 5.41) is 1.98. The van der Waals surface area contributed by atoms with E-state index in [4.69, 9.17) is 0 Å². The SMILES string of the molecule is CCCCCCCCC(CCCCCC)CN1C(=O)C(c2ccc(Br)s2)=c2cc3c(cc21)=C(c1ccc(Br)s1)C(=O)N3CC(CCCCCC)CCCCCCCC. The summed E-state index contributed by atoms with van der Waals surface area (Å²) in [4.78, 5) is 36.0. The summed E-state index contributed by atoms with van der Waals surface area (Å²) < 4.78 is 2.05. The molecule has 0 saturated carbocycles. The first kappa shape index (κ1) is 47.3. The fraction of sp³-hybridized carbons (Fsp3) is 0.640. The standard InChI is InChI=1S/C50H72Br2N2O2S2/c1-5-9-13-17-19-23-27-37(25-21-15-11-7-3)35-53-41-33-40-42(34-39(41)47(49(53)55)43-29-31-45(51)57-43)54(50(56)48(40)44-30-32-46(52)58-44)36-38(26-22-16-12-8-4)28-24-20-18-14-10-6-2/h29-34,37-38H,5-28,35-36H2,1-4H3. The lowest BCUT2D eigenvalue weighted by molar-refractivity contribution is -0.114. The van der Waals surface area contributed by atoms with E-state index in [-0.39, 0.29) is 11.8 Å². The first-order valence-corrected chi connectivity index (χ1v) is 26.6. The van der Waals surface area contributed by atoms with Crippen molar-refractivity contribution >= 4 is 88.9 Å². The highest BCUT2D eigenvalue weighted by molar-refractivity contribution is 9.11. The molecular formula is C50H72Br2N2O2S2. The van der Waals surface area contributed by atoms with Crippen molar-refractivity contribution in [2.24, 2.45) is 11.8 Å². The van der Waals surface area contributed by atoms with Crippen molar-refractivity contribution in [1.82, 2.24) is 0 Å². The Kier molecular flexibility index (Phi) is 20.6. The molecule has 0 N–H and O–H groups in total. The molecule has 2 aliphatic rings. The molecule has 0 aliphatic carbocycles. The predicted octanol–water partition coefficient (Wildman–Crippen LogP) is 15.1. The molecule has 0 radical (unpaired) electrons. The highest BCUT2D eigenvalue weighted by Crippen LogP contribution is 2.37. The molecule has 320 valence electrons. The Hall–Kier alpha value is -1.74. The Morgan fingerprint density at radius 1 is 0.466 bits per heavy atom. The quantitative estimate of drug-likeness (QED) is 0.0625. The van der Waals surface area contributed by atoms with E-state index in [2.05, 4.69) is 106 Å². The van der Waals surface area contributed by atoms with Gasteiger partial charge in [-0.25, -0.2) is 0 Å². The van der Waals surface area contributed by atoms with Crippen LogP contribution in [0.25, 0.3) is 11.1 Å². The van der Waals surface area contributed by atoms with E-state index in [1.807, 2.05) is 0 Å². The van der Waals surface area contributed by atoms with E-state index >= 15 is 0 Å². The maximum atomic E-state index is 14.9. The molecule has 3 aromatic rings. The van der Waals surface area contributed by atoms with Gasteiger partial charge in [-0.1, -0.05) is 156 Å². The second-order valence-electron chi connectivity index (χ2n) is 17.2. The Labute approximate surface area is 376 Å². The van der Waals surface area contributed by atoms with Crippen molar-refractivity contribution in [3.05, 3.63) is 64.2 Å². The molecule has 5 rings (SSSR count).